The molecule has 0 fully saturated rings. The molecular formula is C14H17Cl2N3O. The molecule has 0 unspecified atom stereocenters. The van der Waals surface area contributed by atoms with Crippen LogP contribution in [0.5, 0.6) is 0 Å². The number of hydrogen-bond acceptors (Lipinski definition) is 3. The third-order valence-corrected chi connectivity index (χ3v) is 3.89. The van der Waals surface area contributed by atoms with Gasteiger partial charge in [-0.1, -0.05) is 47.8 Å². The van der Waals surface area contributed by atoms with E-state index in [0.29, 0.717) is 22.3 Å². The first kappa shape index (κ1) is 15.3. The fourth-order valence-electron chi connectivity index (χ4n) is 2.05. The van der Waals surface area contributed by atoms with Gasteiger partial charge in [-0.05, 0) is 30.5 Å². The Labute approximate surface area is 128 Å². The number of rotatable bonds is 6. The number of benzene rings is 1. The van der Waals surface area contributed by atoms with E-state index < -0.39 is 0 Å². The lowest BCUT2D eigenvalue weighted by molar-refractivity contribution is 0.275. The summed E-state index contributed by atoms with van der Waals surface area (Å²) in [6.07, 6.45) is 2.99. The van der Waals surface area contributed by atoms with Crippen LogP contribution in [0.3, 0.4) is 0 Å². The van der Waals surface area contributed by atoms with Crippen molar-refractivity contribution in [1.29, 1.82) is 0 Å². The van der Waals surface area contributed by atoms with Crippen LogP contribution in [0.4, 0.5) is 0 Å². The van der Waals surface area contributed by atoms with E-state index in [-0.39, 0.29) is 6.61 Å². The third-order valence-electron chi connectivity index (χ3n) is 3.15. The summed E-state index contributed by atoms with van der Waals surface area (Å²) >= 11 is 11.9. The first-order chi connectivity index (χ1) is 9.65. The summed E-state index contributed by atoms with van der Waals surface area (Å²) in [7, 11) is 0. The van der Waals surface area contributed by atoms with E-state index in [0.717, 1.165) is 30.5 Å². The smallest absolute Gasteiger partial charge is 0.111 e. The molecule has 4 nitrogen and oxygen atoms in total. The van der Waals surface area contributed by atoms with Crippen molar-refractivity contribution < 1.29 is 5.11 Å². The number of aliphatic hydroxyl groups is 1. The van der Waals surface area contributed by atoms with E-state index in [9.17, 15) is 5.11 Å². The molecule has 0 bridgehead atoms. The molecule has 0 spiro atoms. The average molecular weight is 314 g/mol. The topological polar surface area (TPSA) is 50.9 Å². The fraction of sp³-hybridized carbons (Fsp3) is 0.429. The standard InChI is InChI=1S/C14H17Cl2N3O/c1-2-3-4-14-13(9-20)17-18-19(14)8-10-5-6-11(15)12(16)7-10/h5-7,20H,2-4,8-9H2,1H3. The first-order valence-corrected chi connectivity index (χ1v) is 7.37. The molecule has 0 saturated heterocycles. The quantitative estimate of drug-likeness (QED) is 0.888. The zero-order chi connectivity index (χ0) is 14.5. The van der Waals surface area contributed by atoms with E-state index in [1.807, 2.05) is 16.8 Å². The molecule has 2 rings (SSSR count). The molecule has 1 heterocycles. The predicted molar refractivity (Wildman–Crippen MR) is 80.1 cm³/mol. The zero-order valence-electron chi connectivity index (χ0n) is 11.3. The summed E-state index contributed by atoms with van der Waals surface area (Å²) < 4.78 is 1.82. The summed E-state index contributed by atoms with van der Waals surface area (Å²) in [5.74, 6) is 0. The van der Waals surface area contributed by atoms with Gasteiger partial charge in [0.05, 0.1) is 28.9 Å². The van der Waals surface area contributed by atoms with Crippen LogP contribution in [0.1, 0.15) is 36.7 Å². The minimum atomic E-state index is -0.0829. The van der Waals surface area contributed by atoms with Crippen LogP contribution in [0.2, 0.25) is 10.0 Å². The Bertz CT molecular complexity index is 584. The van der Waals surface area contributed by atoms with Crippen molar-refractivity contribution in [3.8, 4) is 0 Å². The monoisotopic (exact) mass is 313 g/mol. The SMILES string of the molecule is CCCCc1c(CO)nnn1Cc1ccc(Cl)c(Cl)c1. The van der Waals surface area contributed by atoms with Crippen molar-refractivity contribution in [1.82, 2.24) is 15.0 Å². The van der Waals surface area contributed by atoms with Crippen LogP contribution in [-0.4, -0.2) is 20.1 Å². The van der Waals surface area contributed by atoms with Crippen LogP contribution in [-0.2, 0) is 19.6 Å². The number of aliphatic hydroxyl groups excluding tert-OH is 1. The van der Waals surface area contributed by atoms with Crippen molar-refractivity contribution in [3.05, 3.63) is 45.2 Å². The van der Waals surface area contributed by atoms with Gasteiger partial charge in [0.25, 0.3) is 0 Å². The Hall–Kier alpha value is -1.10. The van der Waals surface area contributed by atoms with E-state index >= 15 is 0 Å². The van der Waals surface area contributed by atoms with Crippen LogP contribution in [0, 0.1) is 0 Å². The molecule has 1 N–H and O–H groups in total. The fourth-order valence-corrected chi connectivity index (χ4v) is 2.37. The molecule has 0 aliphatic heterocycles. The second-order valence-electron chi connectivity index (χ2n) is 4.65. The second-order valence-corrected chi connectivity index (χ2v) is 5.47. The lowest BCUT2D eigenvalue weighted by Gasteiger charge is -2.08. The van der Waals surface area contributed by atoms with Crippen LogP contribution in [0.15, 0.2) is 18.2 Å². The lowest BCUT2D eigenvalue weighted by atomic mass is 10.1. The second kappa shape index (κ2) is 7.07. The summed E-state index contributed by atoms with van der Waals surface area (Å²) in [4.78, 5) is 0. The number of unbranched alkanes of at least 4 members (excludes halogenated alkanes) is 1. The minimum Gasteiger partial charge on any atom is -0.390 e. The van der Waals surface area contributed by atoms with Gasteiger partial charge in [-0.25, -0.2) is 4.68 Å². The molecule has 6 heteroatoms. The first-order valence-electron chi connectivity index (χ1n) is 6.61. The van der Waals surface area contributed by atoms with Crippen molar-refractivity contribution in [2.45, 2.75) is 39.3 Å². The normalized spacial score (nSPS) is 11.0. The maximum Gasteiger partial charge on any atom is 0.111 e. The number of aromatic nitrogens is 3. The summed E-state index contributed by atoms with van der Waals surface area (Å²) in [6, 6.07) is 5.51. The highest BCUT2D eigenvalue weighted by Crippen LogP contribution is 2.23. The minimum absolute atomic E-state index is 0.0829. The van der Waals surface area contributed by atoms with Crippen LogP contribution in [0.25, 0.3) is 0 Å². The Kier molecular flexibility index (Phi) is 5.40. The highest BCUT2D eigenvalue weighted by Gasteiger charge is 2.12. The molecule has 0 aliphatic carbocycles. The summed E-state index contributed by atoms with van der Waals surface area (Å²) in [5, 5.41) is 18.5. The van der Waals surface area contributed by atoms with E-state index in [2.05, 4.69) is 17.2 Å². The predicted octanol–water partition coefficient (Wildman–Crippen LogP) is 3.47. The number of nitrogens with zero attached hydrogens (tertiary/aromatic N) is 3. The van der Waals surface area contributed by atoms with E-state index in [4.69, 9.17) is 23.2 Å². The molecule has 1 aromatic carbocycles. The molecule has 0 atom stereocenters. The molecular weight excluding hydrogens is 297 g/mol. The van der Waals surface area contributed by atoms with E-state index in [1.54, 1.807) is 6.07 Å². The highest BCUT2D eigenvalue weighted by atomic mass is 35.5. The lowest BCUT2D eigenvalue weighted by Crippen LogP contribution is -2.08. The molecule has 0 radical (unpaired) electrons. The Morgan fingerprint density at radius 1 is 1.25 bits per heavy atom. The molecule has 0 saturated carbocycles. The van der Waals surface area contributed by atoms with Gasteiger partial charge in [0.1, 0.15) is 5.69 Å². The molecule has 0 amide bonds. The Balaban J connectivity index is 2.23. The van der Waals surface area contributed by atoms with Gasteiger partial charge >= 0.3 is 0 Å². The van der Waals surface area contributed by atoms with Crippen molar-refractivity contribution in [3.63, 3.8) is 0 Å². The van der Waals surface area contributed by atoms with Gasteiger partial charge in [0.15, 0.2) is 0 Å². The van der Waals surface area contributed by atoms with Crippen LogP contribution >= 0.6 is 23.2 Å². The molecule has 1 aromatic heterocycles. The van der Waals surface area contributed by atoms with Crippen LogP contribution < -0.4 is 0 Å². The van der Waals surface area contributed by atoms with Gasteiger partial charge in [-0.15, -0.1) is 5.10 Å². The highest BCUT2D eigenvalue weighted by molar-refractivity contribution is 6.42. The molecule has 0 aliphatic rings. The average Bonchev–Trinajstić information content (AvgIpc) is 2.82. The molecule has 20 heavy (non-hydrogen) atoms. The maximum atomic E-state index is 9.32. The van der Waals surface area contributed by atoms with Crippen molar-refractivity contribution >= 4 is 23.2 Å². The van der Waals surface area contributed by atoms with Gasteiger partial charge in [-0.3, -0.25) is 0 Å². The van der Waals surface area contributed by atoms with Crippen molar-refractivity contribution in [2.24, 2.45) is 0 Å². The summed E-state index contributed by atoms with van der Waals surface area (Å²) in [6.45, 7) is 2.62. The van der Waals surface area contributed by atoms with Gasteiger partial charge < -0.3 is 5.11 Å². The zero-order valence-corrected chi connectivity index (χ0v) is 12.8. The van der Waals surface area contributed by atoms with Gasteiger partial charge in [0.2, 0.25) is 0 Å². The Morgan fingerprint density at radius 2 is 2.05 bits per heavy atom. The van der Waals surface area contributed by atoms with E-state index in [1.165, 1.54) is 0 Å². The van der Waals surface area contributed by atoms with Gasteiger partial charge in [-0.2, -0.15) is 0 Å². The molecule has 108 valence electrons. The Morgan fingerprint density at radius 3 is 2.70 bits per heavy atom. The van der Waals surface area contributed by atoms with Gasteiger partial charge in [0, 0.05) is 0 Å². The maximum absolute atomic E-state index is 9.32. The largest absolute Gasteiger partial charge is 0.390 e. The molecule has 2 aromatic rings. The third kappa shape index (κ3) is 3.51. The number of halogens is 2. The number of hydrogen-bond donors (Lipinski definition) is 1. The summed E-state index contributed by atoms with van der Waals surface area (Å²) in [5.41, 5.74) is 2.64. The van der Waals surface area contributed by atoms with Crippen molar-refractivity contribution in [2.75, 3.05) is 0 Å².